The Kier molecular flexibility index (Phi) is 7.62. The molecule has 2 aromatic carbocycles. The lowest BCUT2D eigenvalue weighted by Gasteiger charge is -2.22. The first-order chi connectivity index (χ1) is 18.0. The fraction of sp³-hybridized carbons (Fsp3) is 0.370. The van der Waals surface area contributed by atoms with Crippen molar-refractivity contribution in [2.24, 2.45) is 0 Å². The van der Waals surface area contributed by atoms with Gasteiger partial charge in [0.25, 0.3) is 0 Å². The van der Waals surface area contributed by atoms with Crippen molar-refractivity contribution in [3.8, 4) is 22.5 Å². The maximum Gasteiger partial charge on any atom is 0.320 e. The SMILES string of the molecule is CCCCc1nc(Cl)c(CN2CCCC2C(=O)O)n1Cc1ccc(-c2ccccc2-c2nn[nH]n2)cc1. The normalized spacial score (nSPS) is 15.9. The number of likely N-dealkylation sites (tertiary alicyclic amines) is 1. The van der Waals surface area contributed by atoms with E-state index in [1.807, 2.05) is 29.2 Å². The van der Waals surface area contributed by atoms with Crippen molar-refractivity contribution < 1.29 is 9.90 Å². The summed E-state index contributed by atoms with van der Waals surface area (Å²) in [7, 11) is 0. The first-order valence-electron chi connectivity index (χ1n) is 12.7. The molecule has 0 bridgehead atoms. The van der Waals surface area contributed by atoms with E-state index in [2.05, 4.69) is 56.4 Å². The van der Waals surface area contributed by atoms with Crippen LogP contribution < -0.4 is 0 Å². The molecule has 2 N–H and O–H groups in total. The van der Waals surface area contributed by atoms with Crippen molar-refractivity contribution in [2.45, 2.75) is 58.2 Å². The molecule has 4 aromatic rings. The van der Waals surface area contributed by atoms with Crippen LogP contribution >= 0.6 is 11.6 Å². The number of carboxylic acids is 1. The van der Waals surface area contributed by atoms with Crippen molar-refractivity contribution in [1.82, 2.24) is 35.1 Å². The first kappa shape index (κ1) is 25.1. The van der Waals surface area contributed by atoms with Crippen molar-refractivity contribution in [1.29, 1.82) is 0 Å². The van der Waals surface area contributed by atoms with Crippen LogP contribution in [0, 0.1) is 0 Å². The Morgan fingerprint density at radius 3 is 2.62 bits per heavy atom. The summed E-state index contributed by atoms with van der Waals surface area (Å²) in [6.45, 7) is 4.00. The third-order valence-corrected chi connectivity index (χ3v) is 7.28. The lowest BCUT2D eigenvalue weighted by molar-refractivity contribution is -0.142. The number of carboxylic acid groups (broad SMARTS) is 1. The molecule has 1 fully saturated rings. The predicted octanol–water partition coefficient (Wildman–Crippen LogP) is 4.82. The lowest BCUT2D eigenvalue weighted by atomic mass is 9.98. The number of unbranched alkanes of at least 4 members (excludes halogenated alkanes) is 1. The molecule has 1 saturated heterocycles. The van der Waals surface area contributed by atoms with Crippen LogP contribution in [0.25, 0.3) is 22.5 Å². The van der Waals surface area contributed by atoms with Crippen molar-refractivity contribution in [3.05, 3.63) is 70.8 Å². The molecule has 192 valence electrons. The number of aromatic amines is 1. The minimum atomic E-state index is -0.775. The number of halogens is 1. The predicted molar refractivity (Wildman–Crippen MR) is 141 cm³/mol. The van der Waals surface area contributed by atoms with Gasteiger partial charge < -0.3 is 9.67 Å². The van der Waals surface area contributed by atoms with Gasteiger partial charge in [0.05, 0.1) is 5.69 Å². The highest BCUT2D eigenvalue weighted by Gasteiger charge is 2.32. The second-order valence-corrected chi connectivity index (χ2v) is 9.76. The summed E-state index contributed by atoms with van der Waals surface area (Å²) < 4.78 is 2.18. The fourth-order valence-electron chi connectivity index (χ4n) is 5.03. The van der Waals surface area contributed by atoms with E-state index in [0.717, 1.165) is 66.0 Å². The number of aromatic nitrogens is 6. The molecule has 9 nitrogen and oxygen atoms in total. The molecule has 1 atom stereocenters. The second-order valence-electron chi connectivity index (χ2n) is 9.40. The molecule has 37 heavy (non-hydrogen) atoms. The highest BCUT2D eigenvalue weighted by atomic mass is 35.5. The molecule has 5 rings (SSSR count). The Balaban J connectivity index is 1.43. The van der Waals surface area contributed by atoms with E-state index >= 15 is 0 Å². The lowest BCUT2D eigenvalue weighted by Crippen LogP contribution is -2.36. The van der Waals surface area contributed by atoms with Crippen LogP contribution in [-0.2, 0) is 24.3 Å². The van der Waals surface area contributed by atoms with Gasteiger partial charge in [-0.2, -0.15) is 5.21 Å². The van der Waals surface area contributed by atoms with Gasteiger partial charge in [-0.1, -0.05) is 73.5 Å². The molecule has 3 heterocycles. The number of tetrazole rings is 1. The van der Waals surface area contributed by atoms with Gasteiger partial charge in [0, 0.05) is 25.1 Å². The topological polar surface area (TPSA) is 113 Å². The number of nitrogens with one attached hydrogen (secondary N) is 1. The largest absolute Gasteiger partial charge is 0.480 e. The van der Waals surface area contributed by atoms with Gasteiger partial charge in [-0.3, -0.25) is 9.69 Å². The molecule has 0 saturated carbocycles. The average Bonchev–Trinajstić information content (AvgIpc) is 3.66. The number of nitrogens with zero attached hydrogens (tertiary/aromatic N) is 6. The molecule has 1 aliphatic rings. The summed E-state index contributed by atoms with van der Waals surface area (Å²) >= 11 is 6.65. The summed E-state index contributed by atoms with van der Waals surface area (Å²) in [5, 5.41) is 24.6. The highest BCUT2D eigenvalue weighted by Crippen LogP contribution is 2.31. The second kappa shape index (κ2) is 11.2. The van der Waals surface area contributed by atoms with Crippen molar-refractivity contribution in [3.63, 3.8) is 0 Å². The van der Waals surface area contributed by atoms with Crippen LogP contribution in [0.5, 0.6) is 0 Å². The fourth-order valence-corrected chi connectivity index (χ4v) is 5.29. The molecule has 2 aromatic heterocycles. The molecular weight excluding hydrogens is 490 g/mol. The Hall–Kier alpha value is -3.56. The minimum absolute atomic E-state index is 0.466. The summed E-state index contributed by atoms with van der Waals surface area (Å²) in [5.41, 5.74) is 4.99. The third kappa shape index (κ3) is 5.42. The smallest absolute Gasteiger partial charge is 0.320 e. The monoisotopic (exact) mass is 519 g/mol. The number of aryl methyl sites for hydroxylation is 1. The van der Waals surface area contributed by atoms with Crippen molar-refractivity contribution in [2.75, 3.05) is 6.54 Å². The Morgan fingerprint density at radius 1 is 1.14 bits per heavy atom. The van der Waals surface area contributed by atoms with E-state index in [-0.39, 0.29) is 0 Å². The molecule has 0 spiro atoms. The Morgan fingerprint density at radius 2 is 1.92 bits per heavy atom. The number of aliphatic carboxylic acids is 1. The number of hydrogen-bond acceptors (Lipinski definition) is 6. The van der Waals surface area contributed by atoms with Crippen LogP contribution in [0.1, 0.15) is 49.7 Å². The van der Waals surface area contributed by atoms with E-state index < -0.39 is 12.0 Å². The molecule has 0 radical (unpaired) electrons. The summed E-state index contributed by atoms with van der Waals surface area (Å²) in [4.78, 5) is 18.4. The first-order valence-corrected chi connectivity index (χ1v) is 13.1. The van der Waals surface area contributed by atoms with Crippen LogP contribution in [0.3, 0.4) is 0 Å². The van der Waals surface area contributed by atoms with Crippen LogP contribution in [0.4, 0.5) is 0 Å². The van der Waals surface area contributed by atoms with Gasteiger partial charge in [0.1, 0.15) is 11.9 Å². The number of imidazole rings is 1. The number of carbonyl (C=O) groups is 1. The van der Waals surface area contributed by atoms with Gasteiger partial charge in [0.15, 0.2) is 5.15 Å². The zero-order chi connectivity index (χ0) is 25.8. The maximum absolute atomic E-state index is 11.7. The number of H-pyrrole nitrogens is 1. The van der Waals surface area contributed by atoms with E-state index in [1.165, 1.54) is 0 Å². The highest BCUT2D eigenvalue weighted by molar-refractivity contribution is 6.30. The zero-order valence-corrected chi connectivity index (χ0v) is 21.5. The summed E-state index contributed by atoms with van der Waals surface area (Å²) in [6.07, 6.45) is 4.44. The molecule has 10 heteroatoms. The number of rotatable bonds is 10. The summed E-state index contributed by atoms with van der Waals surface area (Å²) in [6, 6.07) is 15.9. The molecule has 1 aliphatic heterocycles. The Labute approximate surface area is 220 Å². The standard InChI is InChI=1S/C27H30ClN7O2/c1-2-3-10-24-29-25(28)23(17-34-15-6-9-22(34)27(36)37)35(24)16-18-11-13-19(14-12-18)20-7-4-5-8-21(20)26-30-32-33-31-26/h4-5,7-8,11-14,22H,2-3,6,9-10,15-17H2,1H3,(H,36,37)(H,30,31,32,33). The molecule has 0 aliphatic carbocycles. The molecule has 0 amide bonds. The zero-order valence-electron chi connectivity index (χ0n) is 20.8. The van der Waals surface area contributed by atoms with E-state index in [0.29, 0.717) is 30.5 Å². The van der Waals surface area contributed by atoms with Gasteiger partial charge in [0.2, 0.25) is 5.82 Å². The van der Waals surface area contributed by atoms with E-state index in [4.69, 9.17) is 16.6 Å². The Bertz CT molecular complexity index is 1350. The minimum Gasteiger partial charge on any atom is -0.480 e. The average molecular weight is 520 g/mol. The van der Waals surface area contributed by atoms with Gasteiger partial charge in [-0.25, -0.2) is 4.98 Å². The van der Waals surface area contributed by atoms with E-state index in [1.54, 1.807) is 0 Å². The quantitative estimate of drug-likeness (QED) is 0.308. The third-order valence-electron chi connectivity index (χ3n) is 6.98. The van der Waals surface area contributed by atoms with Crippen LogP contribution in [0.2, 0.25) is 5.15 Å². The summed E-state index contributed by atoms with van der Waals surface area (Å²) in [5.74, 6) is 0.724. The van der Waals surface area contributed by atoms with Crippen LogP contribution in [0.15, 0.2) is 48.5 Å². The molecular formula is C27H30ClN7O2. The van der Waals surface area contributed by atoms with Gasteiger partial charge >= 0.3 is 5.97 Å². The maximum atomic E-state index is 11.7. The van der Waals surface area contributed by atoms with E-state index in [9.17, 15) is 9.90 Å². The molecule has 1 unspecified atom stereocenters. The number of hydrogen-bond donors (Lipinski definition) is 2. The van der Waals surface area contributed by atoms with Crippen LogP contribution in [-0.4, -0.2) is 58.7 Å². The number of benzene rings is 2. The van der Waals surface area contributed by atoms with Gasteiger partial charge in [-0.05, 0) is 47.7 Å². The van der Waals surface area contributed by atoms with Gasteiger partial charge in [-0.15, -0.1) is 10.2 Å². The van der Waals surface area contributed by atoms with Crippen molar-refractivity contribution >= 4 is 17.6 Å².